The van der Waals surface area contributed by atoms with E-state index in [9.17, 15) is 4.79 Å². The lowest BCUT2D eigenvalue weighted by Crippen LogP contribution is -2.26. The number of ether oxygens (including phenoxy) is 1. The van der Waals surface area contributed by atoms with Crippen LogP contribution in [0.5, 0.6) is 5.75 Å². The van der Waals surface area contributed by atoms with Gasteiger partial charge in [0.15, 0.2) is 0 Å². The van der Waals surface area contributed by atoms with Crippen molar-refractivity contribution in [2.75, 3.05) is 24.8 Å². The van der Waals surface area contributed by atoms with Crippen LogP contribution in [0.1, 0.15) is 6.42 Å². The Hall–Kier alpha value is -1.16. The van der Waals surface area contributed by atoms with Gasteiger partial charge in [0.1, 0.15) is 5.75 Å². The third-order valence-corrected chi connectivity index (χ3v) is 2.37. The molecule has 0 heterocycles. The highest BCUT2D eigenvalue weighted by molar-refractivity contribution is 7.80. The lowest BCUT2D eigenvalue weighted by molar-refractivity contribution is -0.117. The van der Waals surface area contributed by atoms with Crippen LogP contribution in [0.15, 0.2) is 24.3 Å². The van der Waals surface area contributed by atoms with Crippen molar-refractivity contribution in [1.82, 2.24) is 0 Å². The molecule has 0 saturated carbocycles. The quantitative estimate of drug-likeness (QED) is 0.794. The molecule has 0 fully saturated rings. The zero-order valence-corrected chi connectivity index (χ0v) is 9.83. The Kier molecular flexibility index (Phi) is 4.49. The standard InChI is InChI=1S/C11H15NO2S/c1-12(11(13)7-8-15)9-5-3-4-6-10(9)14-2/h3-6,15H,7-8H2,1-2H3. The van der Waals surface area contributed by atoms with E-state index in [1.165, 1.54) is 0 Å². The van der Waals surface area contributed by atoms with Crippen LogP contribution in [0.2, 0.25) is 0 Å². The van der Waals surface area contributed by atoms with Gasteiger partial charge in [0.2, 0.25) is 5.91 Å². The van der Waals surface area contributed by atoms with E-state index in [1.807, 2.05) is 24.3 Å². The van der Waals surface area contributed by atoms with Gasteiger partial charge >= 0.3 is 0 Å². The van der Waals surface area contributed by atoms with Crippen molar-refractivity contribution in [3.05, 3.63) is 24.3 Å². The molecular formula is C11H15NO2S. The second-order valence-electron chi connectivity index (χ2n) is 3.10. The SMILES string of the molecule is COc1ccccc1N(C)C(=O)CCS. The minimum Gasteiger partial charge on any atom is -0.495 e. The van der Waals surface area contributed by atoms with Gasteiger partial charge in [-0.25, -0.2) is 0 Å². The fraction of sp³-hybridized carbons (Fsp3) is 0.364. The first-order valence-corrected chi connectivity index (χ1v) is 5.34. The molecule has 0 N–H and O–H groups in total. The monoisotopic (exact) mass is 225 g/mol. The van der Waals surface area contributed by atoms with Gasteiger partial charge in [-0.1, -0.05) is 12.1 Å². The average Bonchev–Trinajstić information content (AvgIpc) is 2.28. The summed E-state index contributed by atoms with van der Waals surface area (Å²) in [6, 6.07) is 7.44. The molecule has 82 valence electrons. The van der Waals surface area contributed by atoms with Crippen molar-refractivity contribution in [2.24, 2.45) is 0 Å². The lowest BCUT2D eigenvalue weighted by Gasteiger charge is -2.19. The molecule has 0 aliphatic rings. The van der Waals surface area contributed by atoms with E-state index >= 15 is 0 Å². The Labute approximate surface area is 95.4 Å². The highest BCUT2D eigenvalue weighted by atomic mass is 32.1. The second kappa shape index (κ2) is 5.66. The number of amides is 1. The van der Waals surface area contributed by atoms with Gasteiger partial charge in [-0.3, -0.25) is 4.79 Å². The number of rotatable bonds is 4. The molecule has 0 bridgehead atoms. The van der Waals surface area contributed by atoms with E-state index in [0.717, 1.165) is 5.69 Å². The van der Waals surface area contributed by atoms with Gasteiger partial charge in [0, 0.05) is 13.5 Å². The van der Waals surface area contributed by atoms with Crippen LogP contribution >= 0.6 is 12.6 Å². The lowest BCUT2D eigenvalue weighted by atomic mass is 10.2. The van der Waals surface area contributed by atoms with Gasteiger partial charge in [-0.15, -0.1) is 0 Å². The van der Waals surface area contributed by atoms with Crippen LogP contribution in [0.25, 0.3) is 0 Å². The van der Waals surface area contributed by atoms with Crippen molar-refractivity contribution in [2.45, 2.75) is 6.42 Å². The molecule has 0 unspecified atom stereocenters. The average molecular weight is 225 g/mol. The maximum Gasteiger partial charge on any atom is 0.227 e. The van der Waals surface area contributed by atoms with Crippen LogP contribution in [0.4, 0.5) is 5.69 Å². The van der Waals surface area contributed by atoms with E-state index in [4.69, 9.17) is 4.74 Å². The summed E-state index contributed by atoms with van der Waals surface area (Å²) in [6.07, 6.45) is 0.428. The number of carbonyl (C=O) groups is 1. The van der Waals surface area contributed by atoms with E-state index in [1.54, 1.807) is 19.1 Å². The number of thiol groups is 1. The van der Waals surface area contributed by atoms with Crippen molar-refractivity contribution in [1.29, 1.82) is 0 Å². The predicted octanol–water partition coefficient (Wildman–Crippen LogP) is 1.98. The van der Waals surface area contributed by atoms with E-state index < -0.39 is 0 Å². The number of hydrogen-bond donors (Lipinski definition) is 1. The van der Waals surface area contributed by atoms with E-state index in [0.29, 0.717) is 17.9 Å². The summed E-state index contributed by atoms with van der Waals surface area (Å²) in [4.78, 5) is 13.2. The molecule has 3 nitrogen and oxygen atoms in total. The fourth-order valence-electron chi connectivity index (χ4n) is 1.30. The Balaban J connectivity index is 2.89. The zero-order chi connectivity index (χ0) is 11.3. The van der Waals surface area contributed by atoms with Gasteiger partial charge in [-0.05, 0) is 17.9 Å². The fourth-order valence-corrected chi connectivity index (χ4v) is 1.50. The molecule has 0 atom stereocenters. The predicted molar refractivity (Wildman–Crippen MR) is 64.9 cm³/mol. The number of carbonyl (C=O) groups excluding carboxylic acids is 1. The zero-order valence-electron chi connectivity index (χ0n) is 8.93. The summed E-state index contributed by atoms with van der Waals surface area (Å²) in [5, 5.41) is 0. The maximum atomic E-state index is 11.6. The summed E-state index contributed by atoms with van der Waals surface area (Å²) in [7, 11) is 3.33. The smallest absolute Gasteiger partial charge is 0.227 e. The molecule has 4 heteroatoms. The van der Waals surface area contributed by atoms with Gasteiger partial charge in [0.05, 0.1) is 12.8 Å². The Morgan fingerprint density at radius 2 is 2.13 bits per heavy atom. The first-order chi connectivity index (χ1) is 7.20. The third-order valence-electron chi connectivity index (χ3n) is 2.15. The van der Waals surface area contributed by atoms with E-state index in [-0.39, 0.29) is 5.91 Å². The second-order valence-corrected chi connectivity index (χ2v) is 3.55. The van der Waals surface area contributed by atoms with Crippen molar-refractivity contribution >= 4 is 24.2 Å². The van der Waals surface area contributed by atoms with Crippen LogP contribution < -0.4 is 9.64 Å². The molecule has 0 spiro atoms. The van der Waals surface area contributed by atoms with Crippen molar-refractivity contribution in [3.63, 3.8) is 0 Å². The molecule has 0 aliphatic carbocycles. The van der Waals surface area contributed by atoms with Crippen molar-refractivity contribution in [3.8, 4) is 5.75 Å². The Bertz CT molecular complexity index is 341. The van der Waals surface area contributed by atoms with Gasteiger partial charge < -0.3 is 9.64 Å². The number of hydrogen-bond acceptors (Lipinski definition) is 3. The van der Waals surface area contributed by atoms with Crippen molar-refractivity contribution < 1.29 is 9.53 Å². The van der Waals surface area contributed by atoms with Crippen LogP contribution in [0.3, 0.4) is 0 Å². The molecule has 1 aromatic rings. The van der Waals surface area contributed by atoms with Crippen LogP contribution in [0, 0.1) is 0 Å². The van der Waals surface area contributed by atoms with Gasteiger partial charge in [-0.2, -0.15) is 12.6 Å². The highest BCUT2D eigenvalue weighted by Crippen LogP contribution is 2.26. The Morgan fingerprint density at radius 1 is 1.47 bits per heavy atom. The highest BCUT2D eigenvalue weighted by Gasteiger charge is 2.13. The number of methoxy groups -OCH3 is 1. The number of nitrogens with zero attached hydrogens (tertiary/aromatic N) is 1. The molecule has 0 aliphatic heterocycles. The Morgan fingerprint density at radius 3 is 2.73 bits per heavy atom. The maximum absolute atomic E-state index is 11.6. The molecule has 0 radical (unpaired) electrons. The van der Waals surface area contributed by atoms with Crippen LogP contribution in [-0.2, 0) is 4.79 Å². The molecule has 1 amide bonds. The minimum absolute atomic E-state index is 0.0366. The molecule has 0 saturated heterocycles. The number of para-hydroxylation sites is 2. The molecule has 15 heavy (non-hydrogen) atoms. The largest absolute Gasteiger partial charge is 0.495 e. The summed E-state index contributed by atoms with van der Waals surface area (Å²) < 4.78 is 5.18. The number of benzene rings is 1. The minimum atomic E-state index is 0.0366. The summed E-state index contributed by atoms with van der Waals surface area (Å²) >= 11 is 4.04. The summed E-state index contributed by atoms with van der Waals surface area (Å²) in [5.41, 5.74) is 0.784. The van der Waals surface area contributed by atoms with E-state index in [2.05, 4.69) is 12.6 Å². The topological polar surface area (TPSA) is 29.5 Å². The summed E-state index contributed by atoms with van der Waals surface area (Å²) in [5.74, 6) is 1.29. The first-order valence-electron chi connectivity index (χ1n) is 4.71. The van der Waals surface area contributed by atoms with Crippen LogP contribution in [-0.4, -0.2) is 25.8 Å². The van der Waals surface area contributed by atoms with Gasteiger partial charge in [0.25, 0.3) is 0 Å². The molecule has 1 aromatic carbocycles. The molecular weight excluding hydrogens is 210 g/mol. The summed E-state index contributed by atoms with van der Waals surface area (Å²) in [6.45, 7) is 0. The first kappa shape index (κ1) is 11.9. The molecule has 1 rings (SSSR count). The molecule has 0 aromatic heterocycles. The number of anilines is 1. The third kappa shape index (κ3) is 2.89. The normalized spacial score (nSPS) is 9.80.